The lowest BCUT2D eigenvalue weighted by molar-refractivity contribution is -0.138. The van der Waals surface area contributed by atoms with Crippen LogP contribution in [0.25, 0.3) is 0 Å². The van der Waals surface area contributed by atoms with Crippen LogP contribution >= 0.6 is 0 Å². The van der Waals surface area contributed by atoms with Gasteiger partial charge >= 0.3 is 5.97 Å². The fourth-order valence-electron chi connectivity index (χ4n) is 1.81. The topological polar surface area (TPSA) is 49.8 Å². The number of hydrogen-bond acceptors (Lipinski definition) is 3. The van der Waals surface area contributed by atoms with E-state index >= 15 is 0 Å². The fraction of sp³-hybridized carbons (Fsp3) is 0.500. The molecule has 0 aliphatic heterocycles. The Hall–Kier alpha value is -1.78. The number of benzene rings is 1. The molecule has 0 spiro atoms. The number of carboxylic acid groups (broad SMARTS) is 1. The van der Waals surface area contributed by atoms with Crippen LogP contribution in [0.15, 0.2) is 18.2 Å². The van der Waals surface area contributed by atoms with Crippen molar-refractivity contribution in [3.63, 3.8) is 0 Å². The molecule has 0 aromatic heterocycles. The first-order chi connectivity index (χ1) is 8.77. The summed E-state index contributed by atoms with van der Waals surface area (Å²) < 4.78 is 18.9. The Bertz CT molecular complexity index is 460. The lowest BCUT2D eigenvalue weighted by Gasteiger charge is -2.36. The molecule has 0 radical (unpaired) electrons. The minimum Gasteiger partial charge on any atom is -0.491 e. The number of ether oxygens (including phenoxy) is 1. The second-order valence-electron chi connectivity index (χ2n) is 4.99. The van der Waals surface area contributed by atoms with Gasteiger partial charge in [-0.05, 0) is 32.9 Å². The van der Waals surface area contributed by atoms with Crippen LogP contribution in [0.5, 0.6) is 5.75 Å². The first kappa shape index (κ1) is 15.3. The zero-order valence-corrected chi connectivity index (χ0v) is 11.7. The summed E-state index contributed by atoms with van der Waals surface area (Å²) in [6.45, 7) is 5.79. The summed E-state index contributed by atoms with van der Waals surface area (Å²) >= 11 is 0. The molecule has 1 aromatic rings. The Morgan fingerprint density at radius 3 is 2.58 bits per heavy atom. The molecule has 0 bridgehead atoms. The number of halogens is 1. The summed E-state index contributed by atoms with van der Waals surface area (Å²) in [5.41, 5.74) is 0.0120. The van der Waals surface area contributed by atoms with E-state index in [4.69, 9.17) is 9.84 Å². The number of rotatable bonds is 6. The third-order valence-corrected chi connectivity index (χ3v) is 3.09. The van der Waals surface area contributed by atoms with Crippen molar-refractivity contribution in [2.45, 2.75) is 32.7 Å². The average Bonchev–Trinajstić information content (AvgIpc) is 2.29. The Morgan fingerprint density at radius 1 is 1.47 bits per heavy atom. The van der Waals surface area contributed by atoms with Gasteiger partial charge in [0, 0.05) is 24.3 Å². The molecule has 0 saturated heterocycles. The summed E-state index contributed by atoms with van der Waals surface area (Å²) in [6, 6.07) is 4.63. The maximum absolute atomic E-state index is 13.8. The maximum Gasteiger partial charge on any atom is 0.305 e. The van der Waals surface area contributed by atoms with Gasteiger partial charge in [0.2, 0.25) is 0 Å². The predicted molar refractivity (Wildman–Crippen MR) is 72.3 cm³/mol. The van der Waals surface area contributed by atoms with Crippen molar-refractivity contribution in [2.75, 3.05) is 18.6 Å². The molecule has 0 fully saturated rings. The van der Waals surface area contributed by atoms with Crippen molar-refractivity contribution < 1.29 is 19.0 Å². The molecule has 0 atom stereocenters. The molecule has 0 unspecified atom stereocenters. The van der Waals surface area contributed by atoms with Gasteiger partial charge in [-0.2, -0.15) is 0 Å². The number of hydrogen-bond donors (Lipinski definition) is 1. The van der Waals surface area contributed by atoms with E-state index in [1.807, 2.05) is 0 Å². The van der Waals surface area contributed by atoms with Crippen molar-refractivity contribution in [3.8, 4) is 5.75 Å². The Kier molecular flexibility index (Phi) is 4.75. The van der Waals surface area contributed by atoms with Crippen molar-refractivity contribution in [1.82, 2.24) is 0 Å². The van der Waals surface area contributed by atoms with Crippen LogP contribution in [0, 0.1) is 5.82 Å². The highest BCUT2D eigenvalue weighted by Crippen LogP contribution is 2.28. The van der Waals surface area contributed by atoms with Gasteiger partial charge in [0.05, 0.1) is 13.0 Å². The van der Waals surface area contributed by atoms with Crippen molar-refractivity contribution >= 4 is 11.7 Å². The quantitative estimate of drug-likeness (QED) is 0.862. The standard InChI is InChI=1S/C14H20FNO3/c1-5-19-12-7-6-10(8-11(12)15)16(4)14(2,3)9-13(17)18/h6-8H,5,9H2,1-4H3,(H,17,18). The van der Waals surface area contributed by atoms with Gasteiger partial charge in [-0.25, -0.2) is 4.39 Å². The van der Waals surface area contributed by atoms with Crippen LogP contribution in [0.2, 0.25) is 0 Å². The number of anilines is 1. The number of aliphatic carboxylic acids is 1. The molecule has 5 heteroatoms. The third kappa shape index (κ3) is 3.84. The summed E-state index contributed by atoms with van der Waals surface area (Å²) in [6.07, 6.45) is -0.0294. The molecule has 0 saturated carbocycles. The van der Waals surface area contributed by atoms with Crippen LogP contribution in [0.1, 0.15) is 27.2 Å². The van der Waals surface area contributed by atoms with Gasteiger partial charge in [-0.1, -0.05) is 0 Å². The van der Waals surface area contributed by atoms with E-state index in [1.54, 1.807) is 44.9 Å². The van der Waals surface area contributed by atoms with Crippen molar-refractivity contribution in [2.24, 2.45) is 0 Å². The fourth-order valence-corrected chi connectivity index (χ4v) is 1.81. The molecule has 0 aliphatic carbocycles. The van der Waals surface area contributed by atoms with Crippen molar-refractivity contribution in [3.05, 3.63) is 24.0 Å². The molecular weight excluding hydrogens is 249 g/mol. The van der Waals surface area contributed by atoms with E-state index in [-0.39, 0.29) is 12.2 Å². The first-order valence-electron chi connectivity index (χ1n) is 6.16. The molecule has 106 valence electrons. The summed E-state index contributed by atoms with van der Waals surface area (Å²) in [5.74, 6) is -1.13. The Morgan fingerprint density at radius 2 is 2.11 bits per heavy atom. The molecule has 0 heterocycles. The van der Waals surface area contributed by atoms with Gasteiger partial charge in [-0.3, -0.25) is 4.79 Å². The highest BCUT2D eigenvalue weighted by molar-refractivity contribution is 5.69. The zero-order valence-electron chi connectivity index (χ0n) is 11.7. The molecular formula is C14H20FNO3. The minimum atomic E-state index is -0.886. The second kappa shape index (κ2) is 5.91. The van der Waals surface area contributed by atoms with Gasteiger partial charge < -0.3 is 14.7 Å². The van der Waals surface area contributed by atoms with Crippen LogP contribution in [-0.2, 0) is 4.79 Å². The summed E-state index contributed by atoms with van der Waals surface area (Å²) in [4.78, 5) is 12.6. The molecule has 0 amide bonds. The summed E-state index contributed by atoms with van der Waals surface area (Å²) in [5, 5.41) is 8.89. The highest BCUT2D eigenvalue weighted by Gasteiger charge is 2.27. The molecule has 19 heavy (non-hydrogen) atoms. The number of nitrogens with zero attached hydrogens (tertiary/aromatic N) is 1. The van der Waals surface area contributed by atoms with E-state index in [2.05, 4.69) is 0 Å². The largest absolute Gasteiger partial charge is 0.491 e. The number of carboxylic acids is 1. The minimum absolute atomic E-state index is 0.0294. The average molecular weight is 269 g/mol. The van der Waals surface area contributed by atoms with Gasteiger partial charge in [0.1, 0.15) is 0 Å². The highest BCUT2D eigenvalue weighted by atomic mass is 19.1. The Balaban J connectivity index is 2.96. The first-order valence-corrected chi connectivity index (χ1v) is 6.16. The van der Waals surface area contributed by atoms with Gasteiger partial charge in [0.15, 0.2) is 11.6 Å². The third-order valence-electron chi connectivity index (χ3n) is 3.09. The van der Waals surface area contributed by atoms with Gasteiger partial charge in [-0.15, -0.1) is 0 Å². The molecule has 1 N–H and O–H groups in total. The monoisotopic (exact) mass is 269 g/mol. The van der Waals surface area contributed by atoms with Crippen molar-refractivity contribution in [1.29, 1.82) is 0 Å². The van der Waals surface area contributed by atoms with E-state index in [0.717, 1.165) is 0 Å². The van der Waals surface area contributed by atoms with Crippen LogP contribution < -0.4 is 9.64 Å². The van der Waals surface area contributed by atoms with E-state index in [0.29, 0.717) is 12.3 Å². The van der Waals surface area contributed by atoms with E-state index < -0.39 is 17.3 Å². The zero-order chi connectivity index (χ0) is 14.6. The Labute approximate surface area is 112 Å². The summed E-state index contributed by atoms with van der Waals surface area (Å²) in [7, 11) is 1.75. The van der Waals surface area contributed by atoms with Gasteiger partial charge in [0.25, 0.3) is 0 Å². The maximum atomic E-state index is 13.8. The van der Waals surface area contributed by atoms with Crippen LogP contribution in [0.4, 0.5) is 10.1 Å². The normalized spacial score (nSPS) is 11.2. The SMILES string of the molecule is CCOc1ccc(N(C)C(C)(C)CC(=O)O)cc1F. The second-order valence-corrected chi connectivity index (χ2v) is 4.99. The van der Waals surface area contributed by atoms with E-state index in [1.165, 1.54) is 6.07 Å². The predicted octanol–water partition coefficient (Wildman–Crippen LogP) is 2.91. The van der Waals surface area contributed by atoms with Crippen LogP contribution in [0.3, 0.4) is 0 Å². The lowest BCUT2D eigenvalue weighted by atomic mass is 9.98. The smallest absolute Gasteiger partial charge is 0.305 e. The molecule has 1 rings (SSSR count). The number of carbonyl (C=O) groups is 1. The molecule has 0 aliphatic rings. The molecule has 4 nitrogen and oxygen atoms in total. The van der Waals surface area contributed by atoms with E-state index in [9.17, 15) is 9.18 Å². The lowest BCUT2D eigenvalue weighted by Crippen LogP contribution is -2.43. The van der Waals surface area contributed by atoms with Crippen LogP contribution in [-0.4, -0.2) is 30.3 Å². The molecule has 1 aromatic carbocycles.